The Morgan fingerprint density at radius 2 is 1.77 bits per heavy atom. The second-order valence-electron chi connectivity index (χ2n) is 6.41. The van der Waals surface area contributed by atoms with Gasteiger partial charge in [0.15, 0.2) is 0 Å². The van der Waals surface area contributed by atoms with E-state index in [1.807, 2.05) is 36.4 Å². The number of aryl methyl sites for hydroxylation is 1. The highest BCUT2D eigenvalue weighted by Crippen LogP contribution is 2.27. The number of nitrogens with zero attached hydrogens (tertiary/aromatic N) is 5. The van der Waals surface area contributed by atoms with Crippen LogP contribution >= 0.6 is 11.6 Å². The second kappa shape index (κ2) is 8.38. The maximum atomic E-state index is 12.3. The highest BCUT2D eigenvalue weighted by atomic mass is 35.5. The Labute approximate surface area is 177 Å². The molecule has 0 aliphatic rings. The van der Waals surface area contributed by atoms with Gasteiger partial charge < -0.3 is 9.47 Å². The van der Waals surface area contributed by atoms with Crippen LogP contribution in [-0.2, 0) is 13.7 Å². The molecule has 0 bridgehead atoms. The number of pyridine rings is 1. The minimum absolute atomic E-state index is 0.124. The molecule has 0 N–H and O–H groups in total. The fourth-order valence-electron chi connectivity index (χ4n) is 2.98. The predicted octanol–water partition coefficient (Wildman–Crippen LogP) is 3.27. The number of methoxy groups -OCH3 is 1. The molecule has 2 aromatic carbocycles. The van der Waals surface area contributed by atoms with Crippen molar-refractivity contribution in [2.45, 2.75) is 6.61 Å². The molecule has 4 rings (SSSR count). The fraction of sp³-hybridized carbons (Fsp3) is 0.143. The van der Waals surface area contributed by atoms with Crippen LogP contribution in [-0.4, -0.2) is 31.9 Å². The Hall–Kier alpha value is -3.65. The molecule has 30 heavy (non-hydrogen) atoms. The molecular formula is C21H18ClN5O3. The van der Waals surface area contributed by atoms with Crippen molar-refractivity contribution in [1.29, 1.82) is 0 Å². The normalized spacial score (nSPS) is 10.8. The molecule has 2 aromatic heterocycles. The van der Waals surface area contributed by atoms with E-state index in [1.54, 1.807) is 31.4 Å². The van der Waals surface area contributed by atoms with Crippen molar-refractivity contribution in [3.63, 3.8) is 0 Å². The predicted molar refractivity (Wildman–Crippen MR) is 112 cm³/mol. The van der Waals surface area contributed by atoms with Gasteiger partial charge >= 0.3 is 5.69 Å². The number of rotatable bonds is 6. The quantitative estimate of drug-likeness (QED) is 0.473. The van der Waals surface area contributed by atoms with Gasteiger partial charge in [-0.3, -0.25) is 0 Å². The smallest absolute Gasteiger partial charge is 0.368 e. The highest BCUT2D eigenvalue weighted by molar-refractivity contribution is 6.30. The van der Waals surface area contributed by atoms with E-state index in [-0.39, 0.29) is 12.3 Å². The van der Waals surface area contributed by atoms with Crippen LogP contribution in [0, 0.1) is 0 Å². The Kier molecular flexibility index (Phi) is 5.49. The summed E-state index contributed by atoms with van der Waals surface area (Å²) in [6.45, 7) is 0.124. The minimum Gasteiger partial charge on any atom is -0.496 e. The van der Waals surface area contributed by atoms with Crippen molar-refractivity contribution >= 4 is 11.6 Å². The number of ether oxygens (including phenoxy) is 2. The molecule has 0 aliphatic carbocycles. The van der Waals surface area contributed by atoms with E-state index in [1.165, 1.54) is 11.7 Å². The summed E-state index contributed by atoms with van der Waals surface area (Å²) in [5.74, 6) is 1.00. The minimum atomic E-state index is -0.368. The summed E-state index contributed by atoms with van der Waals surface area (Å²) in [6, 6.07) is 18.3. The molecule has 0 unspecified atom stereocenters. The zero-order valence-corrected chi connectivity index (χ0v) is 17.1. The maximum absolute atomic E-state index is 12.3. The summed E-state index contributed by atoms with van der Waals surface area (Å²) < 4.78 is 13.8. The number of hydrogen-bond donors (Lipinski definition) is 0. The van der Waals surface area contributed by atoms with Gasteiger partial charge in [0.05, 0.1) is 24.1 Å². The van der Waals surface area contributed by atoms with Crippen LogP contribution in [0.4, 0.5) is 0 Å². The molecule has 0 radical (unpaired) electrons. The van der Waals surface area contributed by atoms with Crippen LogP contribution in [0.5, 0.6) is 11.6 Å². The third kappa shape index (κ3) is 3.90. The zero-order chi connectivity index (χ0) is 21.1. The van der Waals surface area contributed by atoms with Gasteiger partial charge in [-0.25, -0.2) is 9.78 Å². The standard InChI is InChI=1S/C21H18ClN5O3/c1-26-21(28)27(25-24-26)18-6-4-7-19(29-2)16(18)13-30-20-8-3-5-17(23-20)14-9-11-15(22)12-10-14/h3-12H,13H2,1-2H3. The van der Waals surface area contributed by atoms with E-state index in [2.05, 4.69) is 15.4 Å². The number of hydrogen-bond acceptors (Lipinski definition) is 6. The Balaban J connectivity index is 1.64. The number of halogens is 1. The van der Waals surface area contributed by atoms with E-state index >= 15 is 0 Å². The summed E-state index contributed by atoms with van der Waals surface area (Å²) in [6.07, 6.45) is 0. The van der Waals surface area contributed by atoms with Gasteiger partial charge in [-0.1, -0.05) is 35.9 Å². The van der Waals surface area contributed by atoms with Gasteiger partial charge in [0.2, 0.25) is 5.88 Å². The van der Waals surface area contributed by atoms with Gasteiger partial charge in [0.25, 0.3) is 0 Å². The third-order valence-corrected chi connectivity index (χ3v) is 4.76. The maximum Gasteiger partial charge on any atom is 0.368 e. The molecule has 9 heteroatoms. The largest absolute Gasteiger partial charge is 0.496 e. The first-order chi connectivity index (χ1) is 14.6. The van der Waals surface area contributed by atoms with Crippen LogP contribution in [0.25, 0.3) is 16.9 Å². The van der Waals surface area contributed by atoms with Crippen molar-refractivity contribution in [1.82, 2.24) is 24.8 Å². The van der Waals surface area contributed by atoms with E-state index in [9.17, 15) is 4.79 Å². The molecule has 0 atom stereocenters. The summed E-state index contributed by atoms with van der Waals surface area (Å²) in [5, 5.41) is 8.35. The van der Waals surface area contributed by atoms with Gasteiger partial charge in [0.1, 0.15) is 12.4 Å². The molecule has 0 spiro atoms. The third-order valence-electron chi connectivity index (χ3n) is 4.51. The van der Waals surface area contributed by atoms with E-state index in [4.69, 9.17) is 21.1 Å². The van der Waals surface area contributed by atoms with Gasteiger partial charge in [-0.15, -0.1) is 0 Å². The molecular weight excluding hydrogens is 406 g/mol. The summed E-state index contributed by atoms with van der Waals surface area (Å²) >= 11 is 5.96. The average molecular weight is 424 g/mol. The lowest BCUT2D eigenvalue weighted by Gasteiger charge is -2.14. The molecule has 0 aliphatic heterocycles. The second-order valence-corrected chi connectivity index (χ2v) is 6.85. The Bertz CT molecular complexity index is 1230. The first-order valence-corrected chi connectivity index (χ1v) is 9.45. The van der Waals surface area contributed by atoms with Crippen LogP contribution in [0.2, 0.25) is 5.02 Å². The van der Waals surface area contributed by atoms with E-state index in [0.29, 0.717) is 27.9 Å². The molecule has 0 saturated heterocycles. The highest BCUT2D eigenvalue weighted by Gasteiger charge is 2.16. The molecule has 8 nitrogen and oxygen atoms in total. The fourth-order valence-corrected chi connectivity index (χ4v) is 3.10. The number of benzene rings is 2. The summed E-state index contributed by atoms with van der Waals surface area (Å²) in [7, 11) is 3.09. The first-order valence-electron chi connectivity index (χ1n) is 9.08. The number of tetrazole rings is 1. The van der Waals surface area contributed by atoms with E-state index in [0.717, 1.165) is 15.9 Å². The molecule has 0 amide bonds. The first kappa shape index (κ1) is 19.7. The summed E-state index contributed by atoms with van der Waals surface area (Å²) in [4.78, 5) is 16.9. The van der Waals surface area contributed by atoms with Crippen LogP contribution in [0.3, 0.4) is 0 Å². The van der Waals surface area contributed by atoms with Crippen LogP contribution in [0.15, 0.2) is 65.5 Å². The van der Waals surface area contributed by atoms with Crippen molar-refractivity contribution < 1.29 is 9.47 Å². The molecule has 4 aromatic rings. The lowest BCUT2D eigenvalue weighted by Crippen LogP contribution is -2.23. The van der Waals surface area contributed by atoms with Crippen molar-refractivity contribution in [2.75, 3.05) is 7.11 Å². The lowest BCUT2D eigenvalue weighted by atomic mass is 10.1. The topological polar surface area (TPSA) is 84.1 Å². The van der Waals surface area contributed by atoms with Crippen LogP contribution < -0.4 is 15.2 Å². The van der Waals surface area contributed by atoms with Gasteiger partial charge in [0, 0.05) is 23.7 Å². The van der Waals surface area contributed by atoms with Crippen LogP contribution in [0.1, 0.15) is 5.56 Å². The summed E-state index contributed by atoms with van der Waals surface area (Å²) in [5.41, 5.74) is 2.50. The molecule has 2 heterocycles. The monoisotopic (exact) mass is 423 g/mol. The average Bonchev–Trinajstić information content (AvgIpc) is 3.11. The van der Waals surface area contributed by atoms with Crippen molar-refractivity contribution in [3.05, 3.63) is 81.7 Å². The Morgan fingerprint density at radius 3 is 2.47 bits per heavy atom. The van der Waals surface area contributed by atoms with Crippen molar-refractivity contribution in [2.24, 2.45) is 7.05 Å². The lowest BCUT2D eigenvalue weighted by molar-refractivity contribution is 0.285. The van der Waals surface area contributed by atoms with Gasteiger partial charge in [-0.05, 0) is 40.8 Å². The molecule has 0 fully saturated rings. The molecule has 0 saturated carbocycles. The van der Waals surface area contributed by atoms with Gasteiger partial charge in [-0.2, -0.15) is 9.36 Å². The SMILES string of the molecule is COc1cccc(-n2nnn(C)c2=O)c1COc1cccc(-c2ccc(Cl)cc2)n1. The molecule has 152 valence electrons. The zero-order valence-electron chi connectivity index (χ0n) is 16.3. The number of aromatic nitrogens is 5. The van der Waals surface area contributed by atoms with Crippen molar-refractivity contribution in [3.8, 4) is 28.6 Å². The Morgan fingerprint density at radius 1 is 1.00 bits per heavy atom. The van der Waals surface area contributed by atoms with E-state index < -0.39 is 0 Å².